The van der Waals surface area contributed by atoms with E-state index in [9.17, 15) is 4.79 Å². The van der Waals surface area contributed by atoms with Gasteiger partial charge in [0, 0.05) is 5.69 Å². The largest absolute Gasteiger partial charge is 0.494 e. The fourth-order valence-electron chi connectivity index (χ4n) is 3.28. The minimum absolute atomic E-state index is 0.0844. The molecule has 2 atom stereocenters. The average Bonchev–Trinajstić information content (AvgIpc) is 3.08. The number of anilines is 1. The molecule has 0 bridgehead atoms. The van der Waals surface area contributed by atoms with Gasteiger partial charge in [-0.05, 0) is 56.2 Å². The number of nitrogens with one attached hydrogen (secondary N) is 2. The van der Waals surface area contributed by atoms with Gasteiger partial charge < -0.3 is 15.5 Å². The standard InChI is InChI=1S/C21H23N5O2S/c1-4-28-17-10-8-15(9-11-17)18-19(29-21-24-23-14(3)26(21)25-18)20(27)22-16-7-5-6-13(2)12-16/h5-12,18-19,25H,4H2,1-3H3,(H,22,27). The molecule has 2 unspecified atom stereocenters. The lowest BCUT2D eigenvalue weighted by Crippen LogP contribution is -2.41. The lowest BCUT2D eigenvalue weighted by atomic mass is 10.0. The number of aromatic nitrogens is 3. The van der Waals surface area contributed by atoms with Crippen LogP contribution in [0.2, 0.25) is 0 Å². The zero-order chi connectivity index (χ0) is 20.4. The first kappa shape index (κ1) is 19.3. The number of benzene rings is 2. The molecule has 2 N–H and O–H groups in total. The number of thioether (sulfide) groups is 1. The van der Waals surface area contributed by atoms with Crippen LogP contribution in [0.15, 0.2) is 53.7 Å². The van der Waals surface area contributed by atoms with Crippen LogP contribution in [0.1, 0.15) is 29.9 Å². The first-order valence-corrected chi connectivity index (χ1v) is 10.4. The Kier molecular flexibility index (Phi) is 5.44. The van der Waals surface area contributed by atoms with E-state index in [1.807, 2.05) is 74.0 Å². The van der Waals surface area contributed by atoms with Crippen molar-refractivity contribution in [3.63, 3.8) is 0 Å². The zero-order valence-corrected chi connectivity index (χ0v) is 17.4. The molecule has 0 aliphatic carbocycles. The summed E-state index contributed by atoms with van der Waals surface area (Å²) in [6, 6.07) is 15.4. The lowest BCUT2D eigenvalue weighted by Gasteiger charge is -2.32. The van der Waals surface area contributed by atoms with Crippen LogP contribution in [0.3, 0.4) is 0 Å². The number of hydrogen-bond acceptors (Lipinski definition) is 6. The topological polar surface area (TPSA) is 81.1 Å². The maximum absolute atomic E-state index is 13.2. The Hall–Kier alpha value is -3.00. The highest BCUT2D eigenvalue weighted by atomic mass is 32.2. The Labute approximate surface area is 173 Å². The van der Waals surface area contributed by atoms with Crippen LogP contribution in [-0.4, -0.2) is 32.6 Å². The van der Waals surface area contributed by atoms with E-state index < -0.39 is 5.25 Å². The molecule has 0 saturated heterocycles. The first-order chi connectivity index (χ1) is 14.0. The Bertz CT molecular complexity index is 1020. The minimum Gasteiger partial charge on any atom is -0.494 e. The molecule has 150 valence electrons. The molecule has 1 aliphatic rings. The van der Waals surface area contributed by atoms with Crippen molar-refractivity contribution in [2.24, 2.45) is 0 Å². The van der Waals surface area contributed by atoms with Crippen LogP contribution in [-0.2, 0) is 4.79 Å². The second kappa shape index (κ2) is 8.16. The van der Waals surface area contributed by atoms with Gasteiger partial charge in [-0.15, -0.1) is 10.2 Å². The van der Waals surface area contributed by atoms with E-state index in [4.69, 9.17) is 4.74 Å². The lowest BCUT2D eigenvalue weighted by molar-refractivity contribution is -0.116. The predicted molar refractivity (Wildman–Crippen MR) is 114 cm³/mol. The van der Waals surface area contributed by atoms with Gasteiger partial charge in [0.15, 0.2) is 0 Å². The predicted octanol–water partition coefficient (Wildman–Crippen LogP) is 3.69. The first-order valence-electron chi connectivity index (χ1n) is 9.50. The number of hydrogen-bond donors (Lipinski definition) is 2. The summed E-state index contributed by atoms with van der Waals surface area (Å²) in [6.07, 6.45) is 0. The number of amides is 1. The van der Waals surface area contributed by atoms with Crippen molar-refractivity contribution < 1.29 is 9.53 Å². The molecule has 0 saturated carbocycles. The third-order valence-electron chi connectivity index (χ3n) is 4.69. The Morgan fingerprint density at radius 2 is 2.00 bits per heavy atom. The quantitative estimate of drug-likeness (QED) is 0.669. The van der Waals surface area contributed by atoms with Crippen LogP contribution < -0.4 is 15.5 Å². The highest BCUT2D eigenvalue weighted by molar-refractivity contribution is 8.00. The molecule has 3 aromatic rings. The number of ether oxygens (including phenoxy) is 1. The van der Waals surface area contributed by atoms with Crippen molar-refractivity contribution in [2.75, 3.05) is 17.3 Å². The van der Waals surface area contributed by atoms with Crippen molar-refractivity contribution >= 4 is 23.4 Å². The summed E-state index contributed by atoms with van der Waals surface area (Å²) < 4.78 is 7.38. The molecule has 4 rings (SSSR count). The van der Waals surface area contributed by atoms with Gasteiger partial charge in [-0.2, -0.15) is 0 Å². The molecule has 7 nitrogen and oxygen atoms in total. The molecule has 8 heteroatoms. The van der Waals surface area contributed by atoms with E-state index in [0.717, 1.165) is 28.4 Å². The van der Waals surface area contributed by atoms with Crippen LogP contribution in [0.25, 0.3) is 0 Å². The third-order valence-corrected chi connectivity index (χ3v) is 5.91. The average molecular weight is 410 g/mol. The Morgan fingerprint density at radius 3 is 2.72 bits per heavy atom. The molecule has 0 radical (unpaired) electrons. The Morgan fingerprint density at radius 1 is 1.21 bits per heavy atom. The number of rotatable bonds is 5. The van der Waals surface area contributed by atoms with Gasteiger partial charge >= 0.3 is 0 Å². The van der Waals surface area contributed by atoms with Gasteiger partial charge in [-0.1, -0.05) is 36.0 Å². The SMILES string of the molecule is CCOc1ccc(C2Nn3c(C)nnc3SC2C(=O)Nc2cccc(C)c2)cc1. The van der Waals surface area contributed by atoms with Gasteiger partial charge in [0.1, 0.15) is 16.8 Å². The van der Waals surface area contributed by atoms with Crippen molar-refractivity contribution in [2.45, 2.75) is 37.2 Å². The normalized spacial score (nSPS) is 17.9. The fraction of sp³-hybridized carbons (Fsp3) is 0.286. The second-order valence-electron chi connectivity index (χ2n) is 6.87. The molecule has 29 heavy (non-hydrogen) atoms. The van der Waals surface area contributed by atoms with Crippen LogP contribution in [0, 0.1) is 13.8 Å². The van der Waals surface area contributed by atoms with Gasteiger partial charge in [-0.25, -0.2) is 4.68 Å². The molecule has 1 amide bonds. The highest BCUT2D eigenvalue weighted by Crippen LogP contribution is 2.37. The summed E-state index contributed by atoms with van der Waals surface area (Å²) in [6.45, 7) is 6.45. The van der Waals surface area contributed by atoms with Gasteiger partial charge in [0.2, 0.25) is 11.1 Å². The summed E-state index contributed by atoms with van der Waals surface area (Å²) in [7, 11) is 0. The van der Waals surface area contributed by atoms with Crippen LogP contribution in [0.4, 0.5) is 5.69 Å². The number of carbonyl (C=O) groups is 1. The van der Waals surface area contributed by atoms with E-state index in [1.54, 1.807) is 0 Å². The molecular weight excluding hydrogens is 386 g/mol. The number of carbonyl (C=O) groups excluding carboxylic acids is 1. The summed E-state index contributed by atoms with van der Waals surface area (Å²) in [5.41, 5.74) is 6.28. The van der Waals surface area contributed by atoms with Crippen molar-refractivity contribution in [3.8, 4) is 5.75 Å². The van der Waals surface area contributed by atoms with Crippen LogP contribution in [0.5, 0.6) is 5.75 Å². The van der Waals surface area contributed by atoms with E-state index in [0.29, 0.717) is 11.8 Å². The van der Waals surface area contributed by atoms with Gasteiger partial charge in [-0.3, -0.25) is 4.79 Å². The molecule has 1 aromatic heterocycles. The summed E-state index contributed by atoms with van der Waals surface area (Å²) >= 11 is 1.41. The minimum atomic E-state index is -0.412. The zero-order valence-electron chi connectivity index (χ0n) is 16.5. The van der Waals surface area contributed by atoms with Gasteiger partial charge in [0.25, 0.3) is 0 Å². The van der Waals surface area contributed by atoms with Crippen molar-refractivity contribution in [1.82, 2.24) is 14.9 Å². The van der Waals surface area contributed by atoms with Crippen molar-refractivity contribution in [1.29, 1.82) is 0 Å². The molecule has 0 spiro atoms. The summed E-state index contributed by atoms with van der Waals surface area (Å²) in [4.78, 5) is 13.2. The third kappa shape index (κ3) is 4.07. The van der Waals surface area contributed by atoms with Crippen molar-refractivity contribution in [3.05, 3.63) is 65.5 Å². The van der Waals surface area contributed by atoms with Gasteiger partial charge in [0.05, 0.1) is 12.6 Å². The Balaban J connectivity index is 1.64. The van der Waals surface area contributed by atoms with E-state index >= 15 is 0 Å². The maximum Gasteiger partial charge on any atom is 0.240 e. The number of nitrogens with zero attached hydrogens (tertiary/aromatic N) is 3. The second-order valence-corrected chi connectivity index (χ2v) is 7.98. The molecule has 1 aliphatic heterocycles. The van der Waals surface area contributed by atoms with E-state index in [2.05, 4.69) is 20.9 Å². The number of fused-ring (bicyclic) bond motifs is 1. The number of aryl methyl sites for hydroxylation is 2. The molecular formula is C21H23N5O2S. The summed E-state index contributed by atoms with van der Waals surface area (Å²) in [5.74, 6) is 1.47. The van der Waals surface area contributed by atoms with E-state index in [-0.39, 0.29) is 11.9 Å². The molecule has 2 heterocycles. The van der Waals surface area contributed by atoms with E-state index in [1.165, 1.54) is 11.8 Å². The molecule has 2 aromatic carbocycles. The molecule has 0 fully saturated rings. The van der Waals surface area contributed by atoms with Crippen LogP contribution >= 0.6 is 11.8 Å². The highest BCUT2D eigenvalue weighted by Gasteiger charge is 2.37. The fourth-order valence-corrected chi connectivity index (χ4v) is 4.41. The monoisotopic (exact) mass is 409 g/mol. The smallest absolute Gasteiger partial charge is 0.240 e. The maximum atomic E-state index is 13.2. The summed E-state index contributed by atoms with van der Waals surface area (Å²) in [5, 5.41) is 11.6.